The molecule has 0 saturated heterocycles. The Kier molecular flexibility index (Phi) is 4.66. The average molecular weight is 252 g/mol. The Labute approximate surface area is 111 Å². The molecule has 3 nitrogen and oxygen atoms in total. The zero-order valence-corrected chi connectivity index (χ0v) is 11.8. The van der Waals surface area contributed by atoms with E-state index < -0.39 is 0 Å². The molecule has 0 bridgehead atoms. The standard InChI is InChI=1S/C15H28N2O/c1-10(2)11-6-3-4-9-14(11)17-15(18)12-7-5-8-13(12)16/h10-14H,3-9,16H2,1-2H3,(H,17,18). The van der Waals surface area contributed by atoms with Gasteiger partial charge in [0.05, 0.1) is 5.92 Å². The second-order valence-electron chi connectivity index (χ2n) is 6.51. The van der Waals surface area contributed by atoms with Crippen LogP contribution in [0.5, 0.6) is 0 Å². The lowest BCUT2D eigenvalue weighted by Crippen LogP contribution is -2.48. The van der Waals surface area contributed by atoms with Crippen LogP contribution in [0, 0.1) is 17.8 Å². The lowest BCUT2D eigenvalue weighted by Gasteiger charge is -2.35. The average Bonchev–Trinajstić information content (AvgIpc) is 2.76. The summed E-state index contributed by atoms with van der Waals surface area (Å²) in [6.45, 7) is 4.55. The van der Waals surface area contributed by atoms with Crippen LogP contribution in [0.25, 0.3) is 0 Å². The molecule has 2 aliphatic carbocycles. The molecule has 2 fully saturated rings. The van der Waals surface area contributed by atoms with Crippen LogP contribution in [0.15, 0.2) is 0 Å². The number of nitrogens with one attached hydrogen (secondary N) is 1. The van der Waals surface area contributed by atoms with E-state index in [0.717, 1.165) is 25.7 Å². The molecule has 0 heterocycles. The molecule has 0 spiro atoms. The fraction of sp³-hybridized carbons (Fsp3) is 0.933. The van der Waals surface area contributed by atoms with Crippen LogP contribution in [0.1, 0.15) is 58.8 Å². The Morgan fingerprint density at radius 2 is 1.83 bits per heavy atom. The molecule has 4 atom stereocenters. The highest BCUT2D eigenvalue weighted by atomic mass is 16.2. The van der Waals surface area contributed by atoms with Gasteiger partial charge < -0.3 is 11.1 Å². The summed E-state index contributed by atoms with van der Waals surface area (Å²) in [6.07, 6.45) is 8.08. The maximum absolute atomic E-state index is 12.3. The summed E-state index contributed by atoms with van der Waals surface area (Å²) in [5.74, 6) is 1.60. The van der Waals surface area contributed by atoms with Crippen LogP contribution in [0.4, 0.5) is 0 Å². The lowest BCUT2D eigenvalue weighted by atomic mass is 9.77. The normalized spacial score (nSPS) is 36.9. The number of rotatable bonds is 3. The van der Waals surface area contributed by atoms with Gasteiger partial charge in [-0.15, -0.1) is 0 Å². The SMILES string of the molecule is CC(C)C1CCCCC1NC(=O)C1CCCC1N. The third-order valence-corrected chi connectivity index (χ3v) is 4.91. The number of carbonyl (C=O) groups is 1. The van der Waals surface area contributed by atoms with Gasteiger partial charge in [-0.3, -0.25) is 4.79 Å². The summed E-state index contributed by atoms with van der Waals surface area (Å²) in [7, 11) is 0. The number of hydrogen-bond acceptors (Lipinski definition) is 2. The number of amides is 1. The maximum Gasteiger partial charge on any atom is 0.224 e. The van der Waals surface area contributed by atoms with Crippen LogP contribution in [-0.2, 0) is 4.79 Å². The third kappa shape index (κ3) is 3.05. The minimum Gasteiger partial charge on any atom is -0.353 e. The van der Waals surface area contributed by atoms with Crippen LogP contribution in [0.2, 0.25) is 0 Å². The monoisotopic (exact) mass is 252 g/mol. The van der Waals surface area contributed by atoms with Crippen LogP contribution < -0.4 is 11.1 Å². The molecule has 2 rings (SSSR count). The third-order valence-electron chi connectivity index (χ3n) is 4.91. The van der Waals surface area contributed by atoms with Crippen LogP contribution in [0.3, 0.4) is 0 Å². The van der Waals surface area contributed by atoms with Crippen molar-refractivity contribution in [2.75, 3.05) is 0 Å². The van der Waals surface area contributed by atoms with Crippen molar-refractivity contribution < 1.29 is 4.79 Å². The molecule has 3 heteroatoms. The molecule has 4 unspecified atom stereocenters. The molecule has 2 saturated carbocycles. The van der Waals surface area contributed by atoms with Gasteiger partial charge in [0.15, 0.2) is 0 Å². The van der Waals surface area contributed by atoms with Gasteiger partial charge in [-0.2, -0.15) is 0 Å². The molecule has 0 aliphatic heterocycles. The van der Waals surface area contributed by atoms with E-state index in [2.05, 4.69) is 19.2 Å². The Morgan fingerprint density at radius 1 is 1.11 bits per heavy atom. The van der Waals surface area contributed by atoms with Crippen molar-refractivity contribution in [1.29, 1.82) is 0 Å². The summed E-state index contributed by atoms with van der Waals surface area (Å²) in [6, 6.07) is 0.477. The van der Waals surface area contributed by atoms with E-state index in [0.29, 0.717) is 17.9 Å². The highest BCUT2D eigenvalue weighted by molar-refractivity contribution is 5.80. The van der Waals surface area contributed by atoms with E-state index in [1.54, 1.807) is 0 Å². The van der Waals surface area contributed by atoms with Gasteiger partial charge >= 0.3 is 0 Å². The molecular weight excluding hydrogens is 224 g/mol. The number of carbonyl (C=O) groups excluding carboxylic acids is 1. The summed E-state index contributed by atoms with van der Waals surface area (Å²) in [4.78, 5) is 12.3. The van der Waals surface area contributed by atoms with Gasteiger partial charge in [0.2, 0.25) is 5.91 Å². The minimum atomic E-state index is 0.0692. The van der Waals surface area contributed by atoms with E-state index >= 15 is 0 Å². The van der Waals surface area contributed by atoms with Crippen molar-refractivity contribution in [3.05, 3.63) is 0 Å². The zero-order valence-electron chi connectivity index (χ0n) is 11.8. The molecule has 0 aromatic carbocycles. The highest BCUT2D eigenvalue weighted by Crippen LogP contribution is 2.31. The molecule has 0 aromatic heterocycles. The Balaban J connectivity index is 1.92. The molecule has 1 amide bonds. The van der Waals surface area contributed by atoms with E-state index in [4.69, 9.17) is 5.73 Å². The first kappa shape index (κ1) is 13.9. The maximum atomic E-state index is 12.3. The van der Waals surface area contributed by atoms with Crippen molar-refractivity contribution in [2.24, 2.45) is 23.5 Å². The van der Waals surface area contributed by atoms with Crippen molar-refractivity contribution >= 4 is 5.91 Å². The first-order valence-corrected chi connectivity index (χ1v) is 7.65. The topological polar surface area (TPSA) is 55.1 Å². The highest BCUT2D eigenvalue weighted by Gasteiger charge is 2.34. The van der Waals surface area contributed by atoms with E-state index in [1.165, 1.54) is 19.3 Å². The van der Waals surface area contributed by atoms with Gasteiger partial charge in [0, 0.05) is 12.1 Å². The first-order valence-electron chi connectivity index (χ1n) is 7.65. The fourth-order valence-corrected chi connectivity index (χ4v) is 3.74. The summed E-state index contributed by atoms with van der Waals surface area (Å²) >= 11 is 0. The predicted molar refractivity (Wildman–Crippen MR) is 74.0 cm³/mol. The number of nitrogens with two attached hydrogens (primary N) is 1. The molecule has 18 heavy (non-hydrogen) atoms. The Hall–Kier alpha value is -0.570. The number of hydrogen-bond donors (Lipinski definition) is 2. The van der Waals surface area contributed by atoms with Crippen molar-refractivity contribution in [2.45, 2.75) is 70.9 Å². The Morgan fingerprint density at radius 3 is 2.44 bits per heavy atom. The fourth-order valence-electron chi connectivity index (χ4n) is 3.74. The summed E-state index contributed by atoms with van der Waals surface area (Å²) in [5, 5.41) is 3.30. The second kappa shape index (κ2) is 6.05. The lowest BCUT2D eigenvalue weighted by molar-refractivity contribution is -0.126. The largest absolute Gasteiger partial charge is 0.353 e. The molecule has 0 aromatic rings. The first-order chi connectivity index (χ1) is 8.59. The van der Waals surface area contributed by atoms with E-state index in [1.807, 2.05) is 0 Å². The van der Waals surface area contributed by atoms with Crippen LogP contribution >= 0.6 is 0 Å². The summed E-state index contributed by atoms with van der Waals surface area (Å²) in [5.41, 5.74) is 6.02. The molecule has 3 N–H and O–H groups in total. The van der Waals surface area contributed by atoms with Crippen molar-refractivity contribution in [3.63, 3.8) is 0 Å². The molecule has 2 aliphatic rings. The van der Waals surface area contributed by atoms with E-state index in [-0.39, 0.29) is 17.9 Å². The molecular formula is C15H28N2O. The van der Waals surface area contributed by atoms with Crippen molar-refractivity contribution in [1.82, 2.24) is 5.32 Å². The van der Waals surface area contributed by atoms with Gasteiger partial charge in [0.25, 0.3) is 0 Å². The van der Waals surface area contributed by atoms with Gasteiger partial charge in [-0.05, 0) is 37.5 Å². The Bertz CT molecular complexity index is 290. The quantitative estimate of drug-likeness (QED) is 0.810. The van der Waals surface area contributed by atoms with E-state index in [9.17, 15) is 4.79 Å². The van der Waals surface area contributed by atoms with Gasteiger partial charge in [-0.25, -0.2) is 0 Å². The zero-order chi connectivity index (χ0) is 13.1. The molecule has 104 valence electrons. The second-order valence-corrected chi connectivity index (χ2v) is 6.51. The minimum absolute atomic E-state index is 0.0692. The van der Waals surface area contributed by atoms with Gasteiger partial charge in [-0.1, -0.05) is 33.1 Å². The predicted octanol–water partition coefficient (Wildman–Crippen LogP) is 2.44. The smallest absolute Gasteiger partial charge is 0.224 e. The van der Waals surface area contributed by atoms with Gasteiger partial charge in [0.1, 0.15) is 0 Å². The van der Waals surface area contributed by atoms with Crippen LogP contribution in [-0.4, -0.2) is 18.0 Å². The molecule has 0 radical (unpaired) electrons. The van der Waals surface area contributed by atoms with Crippen molar-refractivity contribution in [3.8, 4) is 0 Å². The summed E-state index contributed by atoms with van der Waals surface area (Å²) < 4.78 is 0.